The maximum absolute atomic E-state index is 11.7. The summed E-state index contributed by atoms with van der Waals surface area (Å²) in [5, 5.41) is 23.5. The van der Waals surface area contributed by atoms with Gasteiger partial charge in [-0.15, -0.1) is 0 Å². The summed E-state index contributed by atoms with van der Waals surface area (Å²) in [6, 6.07) is 2.39. The van der Waals surface area contributed by atoms with E-state index in [9.17, 15) is 14.4 Å². The lowest BCUT2D eigenvalue weighted by Gasteiger charge is -2.09. The van der Waals surface area contributed by atoms with Crippen LogP contribution >= 0.6 is 0 Å². The Morgan fingerprint density at radius 2 is 2.20 bits per heavy atom. The van der Waals surface area contributed by atoms with Crippen molar-refractivity contribution in [3.05, 3.63) is 28.2 Å². The van der Waals surface area contributed by atoms with Gasteiger partial charge in [-0.05, 0) is 6.07 Å². The number of hydrogen-bond donors (Lipinski definition) is 3. The zero-order valence-electron chi connectivity index (χ0n) is 10.8. The molecule has 0 radical (unpaired) electrons. The molecular weight excluding hydrogens is 270 g/mol. The van der Waals surface area contributed by atoms with E-state index in [4.69, 9.17) is 14.9 Å². The highest BCUT2D eigenvalue weighted by Gasteiger charge is 2.16. The maximum atomic E-state index is 11.7. The molecule has 1 amide bonds. The van der Waals surface area contributed by atoms with Crippen molar-refractivity contribution in [3.8, 4) is 0 Å². The van der Waals surface area contributed by atoms with Gasteiger partial charge in [0.25, 0.3) is 11.5 Å². The highest BCUT2D eigenvalue weighted by atomic mass is 16.5. The summed E-state index contributed by atoms with van der Waals surface area (Å²) in [5.41, 5.74) is -0.442. The second-order valence-electron chi connectivity index (χ2n) is 3.84. The van der Waals surface area contributed by atoms with Crippen molar-refractivity contribution in [2.24, 2.45) is 0 Å². The molecule has 9 nitrogen and oxygen atoms in total. The van der Waals surface area contributed by atoms with Gasteiger partial charge in [-0.25, -0.2) is 9.48 Å². The molecule has 3 N–H and O–H groups in total. The van der Waals surface area contributed by atoms with Crippen LogP contribution in [-0.2, 0) is 16.1 Å². The molecular formula is C11H15N3O6. The maximum Gasteiger partial charge on any atom is 0.334 e. The second-order valence-corrected chi connectivity index (χ2v) is 3.84. The molecule has 0 aliphatic rings. The minimum Gasteiger partial charge on any atom is -0.479 e. The van der Waals surface area contributed by atoms with Gasteiger partial charge in [-0.1, -0.05) is 0 Å². The molecule has 1 unspecified atom stereocenters. The van der Waals surface area contributed by atoms with E-state index in [1.165, 1.54) is 19.2 Å². The van der Waals surface area contributed by atoms with Gasteiger partial charge in [-0.3, -0.25) is 9.59 Å². The lowest BCUT2D eigenvalue weighted by Crippen LogP contribution is -2.37. The Labute approximate surface area is 113 Å². The first-order valence-corrected chi connectivity index (χ1v) is 5.72. The van der Waals surface area contributed by atoms with E-state index in [-0.39, 0.29) is 24.4 Å². The Morgan fingerprint density at radius 3 is 2.80 bits per heavy atom. The molecule has 20 heavy (non-hydrogen) atoms. The van der Waals surface area contributed by atoms with E-state index in [2.05, 4.69) is 10.4 Å². The van der Waals surface area contributed by atoms with Crippen LogP contribution in [0, 0.1) is 0 Å². The van der Waals surface area contributed by atoms with Crippen LogP contribution < -0.4 is 10.9 Å². The Balaban J connectivity index is 2.73. The lowest BCUT2D eigenvalue weighted by molar-refractivity contribution is -0.146. The summed E-state index contributed by atoms with van der Waals surface area (Å²) in [7, 11) is 1.47. The highest BCUT2D eigenvalue weighted by molar-refractivity contribution is 5.92. The summed E-state index contributed by atoms with van der Waals surface area (Å²) in [4.78, 5) is 33.5. The van der Waals surface area contributed by atoms with Crippen LogP contribution in [0.2, 0.25) is 0 Å². The van der Waals surface area contributed by atoms with Crippen molar-refractivity contribution in [1.82, 2.24) is 15.1 Å². The van der Waals surface area contributed by atoms with Crippen molar-refractivity contribution in [3.63, 3.8) is 0 Å². The van der Waals surface area contributed by atoms with Crippen molar-refractivity contribution < 1.29 is 24.5 Å². The predicted octanol–water partition coefficient (Wildman–Crippen LogP) is -1.93. The van der Waals surface area contributed by atoms with Crippen molar-refractivity contribution in [2.45, 2.75) is 12.6 Å². The second kappa shape index (κ2) is 7.36. The third kappa shape index (κ3) is 4.44. The zero-order valence-corrected chi connectivity index (χ0v) is 10.8. The summed E-state index contributed by atoms with van der Waals surface area (Å²) < 4.78 is 5.87. The molecule has 0 spiro atoms. The highest BCUT2D eigenvalue weighted by Crippen LogP contribution is 1.92. The number of aromatic nitrogens is 2. The first-order valence-electron chi connectivity index (χ1n) is 5.72. The van der Waals surface area contributed by atoms with Gasteiger partial charge in [0.2, 0.25) is 0 Å². The van der Waals surface area contributed by atoms with Crippen LogP contribution in [0.25, 0.3) is 0 Å². The number of hydrogen-bond acceptors (Lipinski definition) is 6. The number of aliphatic carboxylic acids is 1. The molecule has 9 heteroatoms. The number of carbonyl (C=O) groups excluding carboxylic acids is 1. The van der Waals surface area contributed by atoms with Gasteiger partial charge in [0.1, 0.15) is 5.69 Å². The molecule has 0 saturated carbocycles. The van der Waals surface area contributed by atoms with Crippen LogP contribution in [0.1, 0.15) is 10.5 Å². The number of nitrogens with zero attached hydrogens (tertiary/aromatic N) is 2. The molecule has 0 aliphatic heterocycles. The number of amides is 1. The Morgan fingerprint density at radius 1 is 1.50 bits per heavy atom. The van der Waals surface area contributed by atoms with E-state index in [0.29, 0.717) is 0 Å². The number of nitrogens with one attached hydrogen (secondary N) is 1. The molecule has 0 saturated heterocycles. The van der Waals surface area contributed by atoms with Gasteiger partial charge in [0, 0.05) is 13.2 Å². The molecule has 1 aromatic heterocycles. The summed E-state index contributed by atoms with van der Waals surface area (Å²) >= 11 is 0. The minimum atomic E-state index is -1.70. The normalized spacial score (nSPS) is 11.9. The number of aliphatic hydroxyl groups is 1. The van der Waals surface area contributed by atoms with E-state index >= 15 is 0 Å². The number of ether oxygens (including phenoxy) is 1. The smallest absolute Gasteiger partial charge is 0.334 e. The molecule has 0 aliphatic carbocycles. The molecule has 0 aromatic carbocycles. The lowest BCUT2D eigenvalue weighted by atomic mass is 10.3. The van der Waals surface area contributed by atoms with Crippen LogP contribution in [0.4, 0.5) is 0 Å². The Bertz CT molecular complexity index is 541. The zero-order chi connectivity index (χ0) is 15.1. The molecule has 1 atom stereocenters. The average molecular weight is 285 g/mol. The Kier molecular flexibility index (Phi) is 5.81. The molecule has 1 aromatic rings. The minimum absolute atomic E-state index is 0.0571. The number of carboxylic acid groups (broad SMARTS) is 1. The van der Waals surface area contributed by atoms with Crippen molar-refractivity contribution in [1.29, 1.82) is 0 Å². The number of methoxy groups -OCH3 is 1. The van der Waals surface area contributed by atoms with Crippen LogP contribution in [-0.4, -0.2) is 58.2 Å². The third-order valence-corrected chi connectivity index (χ3v) is 2.35. The van der Waals surface area contributed by atoms with Gasteiger partial charge in [-0.2, -0.15) is 5.10 Å². The molecule has 1 heterocycles. The third-order valence-electron chi connectivity index (χ3n) is 2.35. The SMILES string of the molecule is COCCn1nc(C(=O)NCC(O)C(=O)O)ccc1=O. The number of carboxylic acids is 1. The van der Waals surface area contributed by atoms with Crippen molar-refractivity contribution in [2.75, 3.05) is 20.3 Å². The summed E-state index contributed by atoms with van der Waals surface area (Å²) in [5.74, 6) is -2.13. The van der Waals surface area contributed by atoms with E-state index in [0.717, 1.165) is 4.68 Å². The van der Waals surface area contributed by atoms with Crippen LogP contribution in [0.5, 0.6) is 0 Å². The summed E-state index contributed by atoms with van der Waals surface area (Å²) in [6.07, 6.45) is -1.70. The first-order chi connectivity index (χ1) is 9.45. The molecule has 0 bridgehead atoms. The van der Waals surface area contributed by atoms with Crippen LogP contribution in [0.15, 0.2) is 16.9 Å². The van der Waals surface area contributed by atoms with Gasteiger partial charge in [0.15, 0.2) is 6.10 Å². The fourth-order valence-electron chi connectivity index (χ4n) is 1.28. The first kappa shape index (κ1) is 15.8. The molecule has 1 rings (SSSR count). The van der Waals surface area contributed by atoms with Gasteiger partial charge in [0.05, 0.1) is 19.7 Å². The number of rotatable bonds is 7. The number of aliphatic hydroxyl groups excluding tert-OH is 1. The van der Waals surface area contributed by atoms with Gasteiger partial charge >= 0.3 is 5.97 Å². The largest absolute Gasteiger partial charge is 0.479 e. The van der Waals surface area contributed by atoms with E-state index in [1.54, 1.807) is 0 Å². The Hall–Kier alpha value is -2.26. The summed E-state index contributed by atoms with van der Waals surface area (Å²) in [6.45, 7) is -0.00302. The van der Waals surface area contributed by atoms with E-state index < -0.39 is 24.5 Å². The van der Waals surface area contributed by atoms with Gasteiger partial charge < -0.3 is 20.3 Å². The quantitative estimate of drug-likeness (QED) is 0.531. The molecule has 110 valence electrons. The predicted molar refractivity (Wildman–Crippen MR) is 66.3 cm³/mol. The van der Waals surface area contributed by atoms with Crippen molar-refractivity contribution >= 4 is 11.9 Å². The molecule has 0 fully saturated rings. The topological polar surface area (TPSA) is 131 Å². The number of carbonyl (C=O) groups is 2. The van der Waals surface area contributed by atoms with Crippen LogP contribution in [0.3, 0.4) is 0 Å². The van der Waals surface area contributed by atoms with E-state index in [1.807, 2.05) is 0 Å². The fraction of sp³-hybridized carbons (Fsp3) is 0.455. The monoisotopic (exact) mass is 285 g/mol. The standard InChI is InChI=1S/C11H15N3O6/c1-20-5-4-14-9(16)3-2-7(13-14)10(17)12-6-8(15)11(18)19/h2-3,8,15H,4-6H2,1H3,(H,12,17)(H,18,19). The fourth-order valence-corrected chi connectivity index (χ4v) is 1.28. The average Bonchev–Trinajstić information content (AvgIpc) is 2.43.